The highest BCUT2D eigenvalue weighted by atomic mass is 79.9. The Balaban J connectivity index is 1.96. The molecule has 2 unspecified atom stereocenters. The van der Waals surface area contributed by atoms with Gasteiger partial charge in [-0.05, 0) is 37.3 Å². The van der Waals surface area contributed by atoms with Crippen molar-refractivity contribution in [3.8, 4) is 0 Å². The Labute approximate surface area is 115 Å². The molecule has 0 radical (unpaired) electrons. The van der Waals surface area contributed by atoms with Gasteiger partial charge in [-0.2, -0.15) is 0 Å². The van der Waals surface area contributed by atoms with E-state index in [0.717, 1.165) is 23.0 Å². The molecule has 4 heteroatoms. The summed E-state index contributed by atoms with van der Waals surface area (Å²) in [5.41, 5.74) is 0. The minimum atomic E-state index is 0.104. The molecular weight excluding hydrogens is 298 g/mol. The summed E-state index contributed by atoms with van der Waals surface area (Å²) in [5, 5.41) is 4.16. The van der Waals surface area contributed by atoms with Crippen LogP contribution in [0.15, 0.2) is 12.1 Å². The van der Waals surface area contributed by atoms with Crippen LogP contribution in [0.2, 0.25) is 0 Å². The molecule has 1 N–H and O–H groups in total. The summed E-state index contributed by atoms with van der Waals surface area (Å²) in [4.78, 5) is 14.2. The number of nitrogens with one attached hydrogen (secondary N) is 1. The molecule has 0 aromatic carbocycles. The van der Waals surface area contributed by atoms with Crippen LogP contribution in [0.1, 0.15) is 40.7 Å². The summed E-state index contributed by atoms with van der Waals surface area (Å²) in [6.45, 7) is 2.12. The SMILES string of the molecule is CCc1ccc(C(=O)NC2CCCC2CBr)s1. The van der Waals surface area contributed by atoms with Crippen LogP contribution in [0.5, 0.6) is 0 Å². The Morgan fingerprint density at radius 3 is 3.00 bits per heavy atom. The van der Waals surface area contributed by atoms with Gasteiger partial charge < -0.3 is 5.32 Å². The van der Waals surface area contributed by atoms with Crippen LogP contribution >= 0.6 is 27.3 Å². The van der Waals surface area contributed by atoms with Crippen molar-refractivity contribution in [3.05, 3.63) is 21.9 Å². The standard InChI is InChI=1S/C13H18BrNOS/c1-2-10-6-7-12(17-10)13(16)15-11-5-3-4-9(11)8-14/h6-7,9,11H,2-5,8H2,1H3,(H,15,16). The molecule has 1 aromatic heterocycles. The summed E-state index contributed by atoms with van der Waals surface area (Å²) in [6, 6.07) is 4.35. The lowest BCUT2D eigenvalue weighted by Gasteiger charge is -2.18. The molecule has 0 aliphatic heterocycles. The van der Waals surface area contributed by atoms with Gasteiger partial charge in [0.05, 0.1) is 4.88 Å². The Hall–Kier alpha value is -0.350. The zero-order chi connectivity index (χ0) is 12.3. The van der Waals surface area contributed by atoms with E-state index in [9.17, 15) is 4.79 Å². The molecular formula is C13H18BrNOS. The van der Waals surface area contributed by atoms with Crippen molar-refractivity contribution in [2.24, 2.45) is 5.92 Å². The Morgan fingerprint density at radius 2 is 2.35 bits per heavy atom. The molecule has 0 bridgehead atoms. The molecule has 2 atom stereocenters. The summed E-state index contributed by atoms with van der Waals surface area (Å²) < 4.78 is 0. The number of hydrogen-bond donors (Lipinski definition) is 1. The molecule has 1 aliphatic rings. The van der Waals surface area contributed by atoms with Gasteiger partial charge in [0.25, 0.3) is 5.91 Å². The van der Waals surface area contributed by atoms with Crippen LogP contribution in [-0.4, -0.2) is 17.3 Å². The van der Waals surface area contributed by atoms with Gasteiger partial charge in [-0.25, -0.2) is 0 Å². The van der Waals surface area contributed by atoms with Gasteiger partial charge in [-0.15, -0.1) is 11.3 Å². The van der Waals surface area contributed by atoms with Crippen LogP contribution in [0.4, 0.5) is 0 Å². The second-order valence-electron chi connectivity index (χ2n) is 4.54. The van der Waals surface area contributed by atoms with E-state index in [1.165, 1.54) is 17.7 Å². The number of alkyl halides is 1. The average Bonchev–Trinajstić information content (AvgIpc) is 2.96. The van der Waals surface area contributed by atoms with Gasteiger partial charge in [0.15, 0.2) is 0 Å². The van der Waals surface area contributed by atoms with Crippen LogP contribution in [0.25, 0.3) is 0 Å². The number of hydrogen-bond acceptors (Lipinski definition) is 2. The highest BCUT2D eigenvalue weighted by molar-refractivity contribution is 9.09. The van der Waals surface area contributed by atoms with Gasteiger partial charge >= 0.3 is 0 Å². The Morgan fingerprint density at radius 1 is 1.53 bits per heavy atom. The van der Waals surface area contributed by atoms with Crippen molar-refractivity contribution in [2.45, 2.75) is 38.6 Å². The lowest BCUT2D eigenvalue weighted by molar-refractivity contribution is 0.0934. The number of aryl methyl sites for hydroxylation is 1. The molecule has 1 saturated carbocycles. The van der Waals surface area contributed by atoms with Crippen LogP contribution in [0.3, 0.4) is 0 Å². The van der Waals surface area contributed by atoms with Gasteiger partial charge in [-0.3, -0.25) is 4.79 Å². The highest BCUT2D eigenvalue weighted by Gasteiger charge is 2.28. The van der Waals surface area contributed by atoms with Crippen molar-refractivity contribution in [2.75, 3.05) is 5.33 Å². The van der Waals surface area contributed by atoms with E-state index in [1.807, 2.05) is 6.07 Å². The fourth-order valence-corrected chi connectivity index (χ4v) is 3.97. The zero-order valence-electron chi connectivity index (χ0n) is 10.0. The second-order valence-corrected chi connectivity index (χ2v) is 6.36. The van der Waals surface area contributed by atoms with Gasteiger partial charge in [0.1, 0.15) is 0 Å². The zero-order valence-corrected chi connectivity index (χ0v) is 12.4. The van der Waals surface area contributed by atoms with E-state index in [-0.39, 0.29) is 5.91 Å². The van der Waals surface area contributed by atoms with Crippen molar-refractivity contribution >= 4 is 33.2 Å². The van der Waals surface area contributed by atoms with Crippen molar-refractivity contribution < 1.29 is 4.79 Å². The first-order chi connectivity index (χ1) is 8.24. The minimum Gasteiger partial charge on any atom is -0.348 e. The van der Waals surface area contributed by atoms with Gasteiger partial charge in [-0.1, -0.05) is 29.3 Å². The van der Waals surface area contributed by atoms with Crippen molar-refractivity contribution in [1.82, 2.24) is 5.32 Å². The summed E-state index contributed by atoms with van der Waals surface area (Å²) >= 11 is 5.14. The highest BCUT2D eigenvalue weighted by Crippen LogP contribution is 2.27. The largest absolute Gasteiger partial charge is 0.348 e. The molecule has 17 heavy (non-hydrogen) atoms. The maximum atomic E-state index is 12.1. The summed E-state index contributed by atoms with van der Waals surface area (Å²) in [7, 11) is 0. The number of rotatable bonds is 4. The van der Waals surface area contributed by atoms with Crippen molar-refractivity contribution in [3.63, 3.8) is 0 Å². The maximum absolute atomic E-state index is 12.1. The Kier molecular flexibility index (Phi) is 4.62. The van der Waals surface area contributed by atoms with Crippen molar-refractivity contribution in [1.29, 1.82) is 0 Å². The van der Waals surface area contributed by atoms with Crippen LogP contribution < -0.4 is 5.32 Å². The monoisotopic (exact) mass is 315 g/mol. The molecule has 2 rings (SSSR count). The molecule has 1 aromatic rings. The predicted octanol–water partition coefficient (Wildman–Crippen LogP) is 3.60. The lowest BCUT2D eigenvalue weighted by atomic mass is 10.1. The number of carbonyl (C=O) groups excluding carboxylic acids is 1. The number of amides is 1. The fraction of sp³-hybridized carbons (Fsp3) is 0.615. The quantitative estimate of drug-likeness (QED) is 0.845. The third-order valence-electron chi connectivity index (χ3n) is 3.41. The van der Waals surface area contributed by atoms with E-state index in [2.05, 4.69) is 34.2 Å². The third-order valence-corrected chi connectivity index (χ3v) is 5.47. The minimum absolute atomic E-state index is 0.104. The van der Waals surface area contributed by atoms with Crippen LogP contribution in [-0.2, 0) is 6.42 Å². The Bertz CT molecular complexity index is 391. The third kappa shape index (κ3) is 3.10. The first kappa shape index (κ1) is 13.1. The number of halogens is 1. The second kappa shape index (κ2) is 6.01. The molecule has 2 nitrogen and oxygen atoms in total. The topological polar surface area (TPSA) is 29.1 Å². The molecule has 1 amide bonds. The average molecular weight is 316 g/mol. The number of thiophene rings is 1. The lowest BCUT2D eigenvalue weighted by Crippen LogP contribution is -2.37. The van der Waals surface area contributed by atoms with Gasteiger partial charge in [0, 0.05) is 16.2 Å². The van der Waals surface area contributed by atoms with E-state index in [4.69, 9.17) is 0 Å². The molecule has 0 saturated heterocycles. The van der Waals surface area contributed by atoms with E-state index >= 15 is 0 Å². The first-order valence-corrected chi connectivity index (χ1v) is 8.14. The number of carbonyl (C=O) groups is 1. The molecule has 1 fully saturated rings. The maximum Gasteiger partial charge on any atom is 0.261 e. The molecule has 94 valence electrons. The first-order valence-electron chi connectivity index (χ1n) is 6.20. The summed E-state index contributed by atoms with van der Waals surface area (Å²) in [6.07, 6.45) is 4.58. The molecule has 1 heterocycles. The van der Waals surface area contributed by atoms with Crippen LogP contribution in [0, 0.1) is 5.92 Å². The van der Waals surface area contributed by atoms with Gasteiger partial charge in [0.2, 0.25) is 0 Å². The van der Waals surface area contributed by atoms with E-state index < -0.39 is 0 Å². The predicted molar refractivity (Wildman–Crippen MR) is 76.1 cm³/mol. The molecule has 1 aliphatic carbocycles. The fourth-order valence-electron chi connectivity index (χ4n) is 2.34. The normalized spacial score (nSPS) is 23.9. The summed E-state index contributed by atoms with van der Waals surface area (Å²) in [5.74, 6) is 0.706. The molecule has 0 spiro atoms. The smallest absolute Gasteiger partial charge is 0.261 e. The van der Waals surface area contributed by atoms with E-state index in [1.54, 1.807) is 11.3 Å². The van der Waals surface area contributed by atoms with E-state index in [0.29, 0.717) is 12.0 Å².